The predicted octanol–water partition coefficient (Wildman–Crippen LogP) is -1.31. The maximum Gasteiger partial charge on any atom is 0.304 e. The van der Waals surface area contributed by atoms with Gasteiger partial charge in [0.15, 0.2) is 0 Å². The van der Waals surface area contributed by atoms with Crippen LogP contribution in [-0.2, 0) is 0 Å². The van der Waals surface area contributed by atoms with Crippen molar-refractivity contribution in [3.05, 3.63) is 48.5 Å². The molecule has 0 aromatic heterocycles. The summed E-state index contributed by atoms with van der Waals surface area (Å²) in [6.07, 6.45) is 0. The maximum absolute atomic E-state index is 8.49. The zero-order valence-electron chi connectivity index (χ0n) is 9.49. The van der Waals surface area contributed by atoms with Gasteiger partial charge in [-0.2, -0.15) is 0 Å². The molecule has 0 unspecified atom stereocenters. The van der Waals surface area contributed by atoms with Crippen LogP contribution in [0.5, 0.6) is 23.0 Å². The van der Waals surface area contributed by atoms with Gasteiger partial charge in [-0.15, -0.1) is 10.2 Å². The van der Waals surface area contributed by atoms with Crippen molar-refractivity contribution < 1.29 is 38.4 Å². The van der Waals surface area contributed by atoms with Crippen LogP contribution in [0.25, 0.3) is 0 Å². The maximum atomic E-state index is 8.49. The minimum Gasteiger partial charge on any atom is -0.541 e. The van der Waals surface area contributed by atoms with Gasteiger partial charge in [-0.05, 0) is 12.1 Å². The average Bonchev–Trinajstić information content (AvgIpc) is 2.34. The Bertz CT molecular complexity index is 473. The van der Waals surface area contributed by atoms with E-state index in [0.29, 0.717) is 0 Å². The summed E-state index contributed by atoms with van der Waals surface area (Å²) >= 11 is 0. The molecule has 1 aliphatic rings. The zero-order valence-corrected chi connectivity index (χ0v) is 10.2. The van der Waals surface area contributed by atoms with Crippen LogP contribution in [0.4, 0.5) is 0 Å². The first-order valence-electron chi connectivity index (χ1n) is 5.13. The first-order valence-corrected chi connectivity index (χ1v) is 6.36. The first-order chi connectivity index (χ1) is 8.93. The molecule has 3 rings (SSSR count). The van der Waals surface area contributed by atoms with E-state index < -0.39 is 10.2 Å². The Kier molecular flexibility index (Phi) is 3.89. The van der Waals surface area contributed by atoms with E-state index in [4.69, 9.17) is 23.4 Å². The second kappa shape index (κ2) is 5.43. The van der Waals surface area contributed by atoms with Crippen molar-refractivity contribution in [2.45, 2.75) is 0 Å². The summed E-state index contributed by atoms with van der Waals surface area (Å²) in [5, 5.41) is 0. The minimum atomic E-state index is -4.94. The summed E-state index contributed by atoms with van der Waals surface area (Å²) in [5.41, 5.74) is 0. The van der Waals surface area contributed by atoms with E-state index in [1.807, 2.05) is 48.5 Å². The largest absolute Gasteiger partial charge is 0.541 e. The van der Waals surface area contributed by atoms with E-state index in [0.717, 1.165) is 23.0 Å². The van der Waals surface area contributed by atoms with E-state index >= 15 is 0 Å². The highest BCUT2D eigenvalue weighted by Gasteiger charge is 2.22. The van der Waals surface area contributed by atoms with E-state index in [2.05, 4.69) is 4.74 Å². The molecule has 0 saturated carbocycles. The van der Waals surface area contributed by atoms with Crippen molar-refractivity contribution in [2.24, 2.45) is 0 Å². The van der Waals surface area contributed by atoms with Crippen molar-refractivity contribution in [1.29, 1.82) is 0 Å². The molecule has 100 valence electrons. The first kappa shape index (κ1) is 13.6. The van der Waals surface area contributed by atoms with Gasteiger partial charge in [0.25, 0.3) is 0 Å². The topological polar surface area (TPSA) is 114 Å². The summed E-state index contributed by atoms with van der Waals surface area (Å²) in [4.78, 5) is 0. The summed E-state index contributed by atoms with van der Waals surface area (Å²) in [7, 11) is -4.94. The molecule has 19 heavy (non-hydrogen) atoms. The van der Waals surface area contributed by atoms with Crippen molar-refractivity contribution in [3.8, 4) is 23.0 Å². The van der Waals surface area contributed by atoms with Crippen molar-refractivity contribution in [3.63, 3.8) is 0 Å². The molecule has 0 fully saturated rings. The molecule has 1 aliphatic heterocycles. The standard InChI is InChI=1S/C12H8O2.ClHO4/c1-2-6-10-9(5-1)13-11-7-3-4-8-12(11)14-10;2-1(3,4)5/h1-8H;(H,2,3,4,5). The molecule has 0 radical (unpaired) electrons. The monoisotopic (exact) mass is 284 g/mol. The molecule has 7 heteroatoms. The highest BCUT2D eigenvalue weighted by atomic mass is 35.7. The third kappa shape index (κ3) is 4.09. The van der Waals surface area contributed by atoms with E-state index in [9.17, 15) is 0 Å². The molecule has 0 saturated heterocycles. The summed E-state index contributed by atoms with van der Waals surface area (Å²) in [5.74, 6) is 3.44. The number of benzene rings is 2. The Morgan fingerprint density at radius 2 is 1.11 bits per heavy atom. The molecule has 1 N–H and O–H groups in total. The number of aromatic hydroxyl groups is 2. The molecular formula is C12H9ClO6. The average molecular weight is 285 g/mol. The molecule has 2 aromatic rings. The number of para-hydroxylation sites is 4. The summed E-state index contributed by atoms with van der Waals surface area (Å²) < 4.78 is 44.1. The lowest BCUT2D eigenvalue weighted by Crippen LogP contribution is -2.68. The Balaban J connectivity index is 0.000000232. The lowest BCUT2D eigenvalue weighted by molar-refractivity contribution is -2.00. The molecule has 0 aliphatic carbocycles. The van der Waals surface area contributed by atoms with Crippen LogP contribution in [0.15, 0.2) is 48.5 Å². The van der Waals surface area contributed by atoms with Crippen LogP contribution in [0.1, 0.15) is 0 Å². The molecule has 0 spiro atoms. The number of fused-ring (bicyclic) bond motifs is 2. The van der Waals surface area contributed by atoms with E-state index in [1.54, 1.807) is 0 Å². The van der Waals surface area contributed by atoms with Crippen LogP contribution >= 0.6 is 0 Å². The van der Waals surface area contributed by atoms with Gasteiger partial charge >= 0.3 is 11.5 Å². The van der Waals surface area contributed by atoms with Crippen molar-refractivity contribution in [1.82, 2.24) is 0 Å². The molecule has 1 heterocycles. The fourth-order valence-corrected chi connectivity index (χ4v) is 1.52. The van der Waals surface area contributed by atoms with E-state index in [-0.39, 0.29) is 0 Å². The molecule has 0 atom stereocenters. The van der Waals surface area contributed by atoms with Crippen LogP contribution in [0, 0.1) is 10.2 Å². The Morgan fingerprint density at radius 3 is 1.53 bits per heavy atom. The second-order valence-electron chi connectivity index (χ2n) is 3.53. The SMILES string of the molecule is [O-][Cl+3]([O-])([O-])[O-].c1ccc2c(c1)Oc1ccccc1[OH+]2. The van der Waals surface area contributed by atoms with Crippen LogP contribution < -0.4 is 23.4 Å². The van der Waals surface area contributed by atoms with Crippen LogP contribution in [0.2, 0.25) is 0 Å². The van der Waals surface area contributed by atoms with E-state index in [1.165, 1.54) is 0 Å². The fraction of sp³-hybridized carbons (Fsp3) is 0. The molecule has 0 amide bonds. The molecule has 6 nitrogen and oxygen atoms in total. The van der Waals surface area contributed by atoms with Gasteiger partial charge in [-0.3, -0.25) is 0 Å². The Hall–Kier alpha value is -1.83. The molecule has 0 bridgehead atoms. The Morgan fingerprint density at radius 1 is 0.737 bits per heavy atom. The Labute approximate surface area is 110 Å². The molecule has 2 aromatic carbocycles. The lowest BCUT2D eigenvalue weighted by atomic mass is 10.2. The number of ether oxygens (including phenoxy) is 2. The highest BCUT2D eigenvalue weighted by Crippen LogP contribution is 2.45. The minimum absolute atomic E-state index is 0.825. The predicted molar refractivity (Wildman–Crippen MR) is 54.1 cm³/mol. The second-order valence-corrected chi connectivity index (χ2v) is 4.28. The van der Waals surface area contributed by atoms with Gasteiger partial charge in [0.05, 0.1) is 0 Å². The lowest BCUT2D eigenvalue weighted by Gasteiger charge is -2.17. The van der Waals surface area contributed by atoms with Gasteiger partial charge in [0.2, 0.25) is 11.5 Å². The zero-order chi connectivity index (χ0) is 13.9. The van der Waals surface area contributed by atoms with Gasteiger partial charge in [0, 0.05) is 12.1 Å². The van der Waals surface area contributed by atoms with Gasteiger partial charge in [0.1, 0.15) is 0 Å². The summed E-state index contributed by atoms with van der Waals surface area (Å²) in [6.45, 7) is 0. The number of hydrogen-bond acceptors (Lipinski definition) is 5. The van der Waals surface area contributed by atoms with Crippen LogP contribution in [0.3, 0.4) is 0 Å². The van der Waals surface area contributed by atoms with Gasteiger partial charge < -0.3 is 9.47 Å². The highest BCUT2D eigenvalue weighted by molar-refractivity contribution is 5.52. The van der Waals surface area contributed by atoms with Gasteiger partial charge in [-0.25, -0.2) is 18.6 Å². The number of halogens is 1. The smallest absolute Gasteiger partial charge is 0.304 e. The third-order valence-corrected chi connectivity index (χ3v) is 2.19. The number of rotatable bonds is 0. The van der Waals surface area contributed by atoms with Gasteiger partial charge in [-0.1, -0.05) is 24.3 Å². The fourth-order valence-electron chi connectivity index (χ4n) is 1.52. The summed E-state index contributed by atoms with van der Waals surface area (Å²) in [6, 6.07) is 15.6. The normalized spacial score (nSPS) is 12.0. The third-order valence-electron chi connectivity index (χ3n) is 2.19. The van der Waals surface area contributed by atoms with Crippen LogP contribution in [-0.4, -0.2) is 4.74 Å². The number of hydrogen-bond donors (Lipinski definition) is 0. The quantitative estimate of drug-likeness (QED) is 0.475. The van der Waals surface area contributed by atoms with Crippen molar-refractivity contribution in [2.75, 3.05) is 0 Å². The molecular weight excluding hydrogens is 276 g/mol. The van der Waals surface area contributed by atoms with Crippen molar-refractivity contribution >= 4 is 0 Å².